The van der Waals surface area contributed by atoms with Gasteiger partial charge >= 0.3 is 0 Å². The van der Waals surface area contributed by atoms with Gasteiger partial charge in [0.05, 0.1) is 17.7 Å². The summed E-state index contributed by atoms with van der Waals surface area (Å²) < 4.78 is 5.74. The van der Waals surface area contributed by atoms with E-state index in [-0.39, 0.29) is 5.95 Å². The number of benzene rings is 1. The van der Waals surface area contributed by atoms with E-state index < -0.39 is 5.91 Å². The highest BCUT2D eigenvalue weighted by Gasteiger charge is 2.10. The van der Waals surface area contributed by atoms with Gasteiger partial charge in [-0.15, -0.1) is 0 Å². The molecular formula is C12H10BrClN4O2. The van der Waals surface area contributed by atoms with E-state index in [2.05, 4.69) is 36.7 Å². The van der Waals surface area contributed by atoms with Crippen LogP contribution in [0.4, 0.5) is 5.95 Å². The van der Waals surface area contributed by atoms with Gasteiger partial charge in [0.15, 0.2) is 0 Å². The van der Waals surface area contributed by atoms with Crippen LogP contribution in [0.2, 0.25) is 5.02 Å². The first-order chi connectivity index (χ1) is 9.60. The Kier molecular flexibility index (Phi) is 4.75. The van der Waals surface area contributed by atoms with Crippen molar-refractivity contribution >= 4 is 39.4 Å². The number of hydrogen-bond donors (Lipinski definition) is 2. The van der Waals surface area contributed by atoms with Gasteiger partial charge in [-0.25, -0.2) is 4.98 Å². The average Bonchev–Trinajstić information content (AvgIpc) is 2.45. The second kappa shape index (κ2) is 6.53. The number of nitrogens with zero attached hydrogens (tertiary/aromatic N) is 2. The lowest BCUT2D eigenvalue weighted by Crippen LogP contribution is -2.30. The number of nitrogens with one attached hydrogen (secondary N) is 2. The van der Waals surface area contributed by atoms with Crippen LogP contribution in [0.5, 0.6) is 5.88 Å². The first kappa shape index (κ1) is 14.5. The van der Waals surface area contributed by atoms with E-state index in [4.69, 9.17) is 16.3 Å². The average molecular weight is 358 g/mol. The zero-order chi connectivity index (χ0) is 14.5. The number of carbonyl (C=O) groups excluding carboxylic acids is 1. The van der Waals surface area contributed by atoms with Gasteiger partial charge in [0, 0.05) is 16.7 Å². The standard InChI is InChI=1S/C12H10BrClN4O2/c1-20-10-4-5-15-12(16-10)18-17-11(19)8-3-2-7(13)6-9(8)14/h2-6H,1H3,(H,17,19)(H,15,16,18). The molecule has 0 aliphatic rings. The molecule has 1 amide bonds. The van der Waals surface area contributed by atoms with Crippen LogP contribution in [0.25, 0.3) is 0 Å². The Labute approximate surface area is 128 Å². The van der Waals surface area contributed by atoms with Crippen molar-refractivity contribution in [3.63, 3.8) is 0 Å². The maximum absolute atomic E-state index is 11.9. The third-order valence-electron chi connectivity index (χ3n) is 2.30. The van der Waals surface area contributed by atoms with Gasteiger partial charge in [0.2, 0.25) is 11.8 Å². The number of methoxy groups -OCH3 is 1. The van der Waals surface area contributed by atoms with Gasteiger partial charge in [-0.1, -0.05) is 27.5 Å². The molecule has 2 N–H and O–H groups in total. The van der Waals surface area contributed by atoms with E-state index in [1.807, 2.05) is 0 Å². The van der Waals surface area contributed by atoms with Gasteiger partial charge in [-0.3, -0.25) is 15.6 Å². The molecule has 0 radical (unpaired) electrons. The molecule has 0 atom stereocenters. The molecule has 1 aromatic carbocycles. The highest BCUT2D eigenvalue weighted by Crippen LogP contribution is 2.21. The van der Waals surface area contributed by atoms with Crippen molar-refractivity contribution in [2.75, 3.05) is 12.5 Å². The predicted molar refractivity (Wildman–Crippen MR) is 78.8 cm³/mol. The van der Waals surface area contributed by atoms with E-state index in [0.29, 0.717) is 16.5 Å². The molecule has 0 unspecified atom stereocenters. The maximum atomic E-state index is 11.9. The van der Waals surface area contributed by atoms with Gasteiger partial charge in [-0.05, 0) is 18.2 Å². The molecule has 0 saturated heterocycles. The molecule has 2 rings (SSSR count). The van der Waals surface area contributed by atoms with Crippen LogP contribution >= 0.6 is 27.5 Å². The summed E-state index contributed by atoms with van der Waals surface area (Å²) in [6.07, 6.45) is 1.51. The lowest BCUT2D eigenvalue weighted by Gasteiger charge is -2.08. The Balaban J connectivity index is 2.04. The van der Waals surface area contributed by atoms with Crippen molar-refractivity contribution in [3.05, 3.63) is 45.5 Å². The smallest absolute Gasteiger partial charge is 0.271 e. The van der Waals surface area contributed by atoms with E-state index >= 15 is 0 Å². The van der Waals surface area contributed by atoms with E-state index in [9.17, 15) is 4.79 Å². The molecule has 2 aromatic rings. The summed E-state index contributed by atoms with van der Waals surface area (Å²) in [7, 11) is 1.49. The Morgan fingerprint density at radius 3 is 2.90 bits per heavy atom. The second-order valence-electron chi connectivity index (χ2n) is 3.63. The first-order valence-electron chi connectivity index (χ1n) is 5.48. The van der Waals surface area contributed by atoms with Crippen LogP contribution in [0.15, 0.2) is 34.9 Å². The molecule has 20 heavy (non-hydrogen) atoms. The predicted octanol–water partition coefficient (Wildman–Crippen LogP) is 2.66. The van der Waals surface area contributed by atoms with Crippen LogP contribution in [-0.4, -0.2) is 23.0 Å². The summed E-state index contributed by atoms with van der Waals surface area (Å²) >= 11 is 9.26. The molecule has 0 bridgehead atoms. The fourth-order valence-electron chi connectivity index (χ4n) is 1.37. The number of rotatable bonds is 4. The molecular weight excluding hydrogens is 348 g/mol. The summed E-state index contributed by atoms with van der Waals surface area (Å²) in [6, 6.07) is 6.57. The first-order valence-corrected chi connectivity index (χ1v) is 6.65. The number of amides is 1. The highest BCUT2D eigenvalue weighted by atomic mass is 79.9. The van der Waals surface area contributed by atoms with Gasteiger partial charge in [0.25, 0.3) is 5.91 Å². The summed E-state index contributed by atoms with van der Waals surface area (Å²) in [4.78, 5) is 19.9. The number of carbonyl (C=O) groups is 1. The molecule has 1 heterocycles. The minimum atomic E-state index is -0.395. The fourth-order valence-corrected chi connectivity index (χ4v) is 2.13. The number of anilines is 1. The molecule has 0 aliphatic heterocycles. The second-order valence-corrected chi connectivity index (χ2v) is 4.95. The lowest BCUT2D eigenvalue weighted by atomic mass is 10.2. The van der Waals surface area contributed by atoms with E-state index in [0.717, 1.165) is 4.47 Å². The molecule has 0 spiro atoms. The minimum absolute atomic E-state index is 0.214. The van der Waals surface area contributed by atoms with E-state index in [1.54, 1.807) is 24.3 Å². The third kappa shape index (κ3) is 3.58. The molecule has 104 valence electrons. The number of halogens is 2. The highest BCUT2D eigenvalue weighted by molar-refractivity contribution is 9.10. The van der Waals surface area contributed by atoms with Crippen molar-refractivity contribution in [3.8, 4) is 5.88 Å². The molecule has 8 heteroatoms. The fraction of sp³-hybridized carbons (Fsp3) is 0.0833. The van der Waals surface area contributed by atoms with Gasteiger partial charge < -0.3 is 4.74 Å². The lowest BCUT2D eigenvalue weighted by molar-refractivity contribution is 0.0962. The van der Waals surface area contributed by atoms with Gasteiger partial charge in [-0.2, -0.15) is 4.98 Å². The largest absolute Gasteiger partial charge is 0.481 e. The summed E-state index contributed by atoms with van der Waals surface area (Å²) in [5.74, 6) is 0.207. The number of hydrogen-bond acceptors (Lipinski definition) is 5. The zero-order valence-electron chi connectivity index (χ0n) is 10.4. The summed E-state index contributed by atoms with van der Waals surface area (Å²) in [5.41, 5.74) is 5.38. The van der Waals surface area contributed by atoms with E-state index in [1.165, 1.54) is 13.3 Å². The van der Waals surface area contributed by atoms with Crippen molar-refractivity contribution in [1.29, 1.82) is 0 Å². The van der Waals surface area contributed by atoms with Crippen molar-refractivity contribution in [2.45, 2.75) is 0 Å². The number of hydrazine groups is 1. The number of ether oxygens (including phenoxy) is 1. The van der Waals surface area contributed by atoms with Crippen LogP contribution in [0, 0.1) is 0 Å². The SMILES string of the molecule is COc1ccnc(NNC(=O)c2ccc(Br)cc2Cl)n1. The Bertz CT molecular complexity index is 639. The Hall–Kier alpha value is -1.86. The minimum Gasteiger partial charge on any atom is -0.481 e. The summed E-state index contributed by atoms with van der Waals surface area (Å²) in [6.45, 7) is 0. The molecule has 1 aromatic heterocycles. The monoisotopic (exact) mass is 356 g/mol. The Morgan fingerprint density at radius 2 is 2.20 bits per heavy atom. The topological polar surface area (TPSA) is 76.1 Å². The Morgan fingerprint density at radius 1 is 1.40 bits per heavy atom. The van der Waals surface area contributed by atoms with Crippen LogP contribution in [-0.2, 0) is 0 Å². The quantitative estimate of drug-likeness (QED) is 0.823. The summed E-state index contributed by atoms with van der Waals surface area (Å²) in [5, 5.41) is 0.338. The van der Waals surface area contributed by atoms with Crippen LogP contribution in [0.3, 0.4) is 0 Å². The molecule has 0 saturated carbocycles. The number of aromatic nitrogens is 2. The molecule has 0 fully saturated rings. The van der Waals surface area contributed by atoms with Crippen molar-refractivity contribution < 1.29 is 9.53 Å². The van der Waals surface area contributed by atoms with Gasteiger partial charge in [0.1, 0.15) is 0 Å². The zero-order valence-corrected chi connectivity index (χ0v) is 12.7. The maximum Gasteiger partial charge on any atom is 0.271 e. The van der Waals surface area contributed by atoms with Crippen LogP contribution in [0.1, 0.15) is 10.4 Å². The molecule has 0 aliphatic carbocycles. The normalized spacial score (nSPS) is 9.95. The molecule has 6 nitrogen and oxygen atoms in total. The van der Waals surface area contributed by atoms with Crippen molar-refractivity contribution in [2.24, 2.45) is 0 Å². The van der Waals surface area contributed by atoms with Crippen molar-refractivity contribution in [1.82, 2.24) is 15.4 Å². The van der Waals surface area contributed by atoms with Crippen LogP contribution < -0.4 is 15.6 Å². The third-order valence-corrected chi connectivity index (χ3v) is 3.11.